The molecule has 0 spiro atoms. The Balaban J connectivity index is 1.46. The molecular weight excluding hydrogens is 394 g/mol. The van der Waals surface area contributed by atoms with Crippen LogP contribution < -0.4 is 10.6 Å². The number of benzene rings is 1. The Kier molecular flexibility index (Phi) is 5.04. The lowest BCUT2D eigenvalue weighted by Gasteiger charge is -2.22. The topological polar surface area (TPSA) is 96.3 Å². The summed E-state index contributed by atoms with van der Waals surface area (Å²) in [7, 11) is 0. The third kappa shape index (κ3) is 3.60. The molecule has 1 atom stereocenters. The molecule has 29 heavy (non-hydrogen) atoms. The lowest BCUT2D eigenvalue weighted by atomic mass is 9.92. The van der Waals surface area contributed by atoms with E-state index in [9.17, 15) is 14.4 Å². The molecule has 2 N–H and O–H groups in total. The van der Waals surface area contributed by atoms with E-state index in [-0.39, 0.29) is 12.6 Å². The highest BCUT2D eigenvalue weighted by Gasteiger charge is 2.49. The van der Waals surface area contributed by atoms with Crippen LogP contribution in [-0.2, 0) is 15.1 Å². The Labute approximate surface area is 173 Å². The van der Waals surface area contributed by atoms with E-state index in [0.717, 1.165) is 30.6 Å². The van der Waals surface area contributed by atoms with Gasteiger partial charge in [0.25, 0.3) is 5.91 Å². The number of anilines is 1. The molecule has 1 saturated carbocycles. The van der Waals surface area contributed by atoms with Crippen LogP contribution in [0.4, 0.5) is 10.6 Å². The van der Waals surface area contributed by atoms with Gasteiger partial charge in [0.05, 0.1) is 12.2 Å². The van der Waals surface area contributed by atoms with Crippen LogP contribution in [0, 0.1) is 0 Å². The van der Waals surface area contributed by atoms with E-state index < -0.39 is 23.4 Å². The summed E-state index contributed by atoms with van der Waals surface area (Å²) < 4.78 is 1.81. The van der Waals surface area contributed by atoms with Crippen molar-refractivity contribution in [3.8, 4) is 0 Å². The molecule has 1 unspecified atom stereocenters. The largest absolute Gasteiger partial charge is 0.325 e. The number of urea groups is 1. The normalized spacial score (nSPS) is 22.2. The quantitative estimate of drug-likeness (QED) is 0.733. The molecule has 152 valence electrons. The van der Waals surface area contributed by atoms with Crippen LogP contribution in [0.2, 0.25) is 5.02 Å². The molecule has 1 aromatic heterocycles. The Bertz CT molecular complexity index is 951. The van der Waals surface area contributed by atoms with Gasteiger partial charge >= 0.3 is 6.03 Å². The van der Waals surface area contributed by atoms with Gasteiger partial charge in [-0.15, -0.1) is 0 Å². The summed E-state index contributed by atoms with van der Waals surface area (Å²) in [5.74, 6) is -0.354. The number of carbonyl (C=O) groups is 3. The summed E-state index contributed by atoms with van der Waals surface area (Å²) in [5, 5.41) is 10.3. The molecule has 9 heteroatoms. The maximum absolute atomic E-state index is 12.9. The number of aromatic nitrogens is 2. The number of amides is 4. The SMILES string of the molecule is CC1(c2ccc(Cl)cc2)NC(=O)N(CC(=O)Nc2ccnn2C2CCCC2)C1=O. The molecule has 1 aromatic carbocycles. The molecule has 1 aliphatic heterocycles. The maximum Gasteiger partial charge on any atom is 0.325 e. The molecule has 0 bridgehead atoms. The van der Waals surface area contributed by atoms with Crippen LogP contribution in [0.1, 0.15) is 44.2 Å². The fraction of sp³-hybridized carbons (Fsp3) is 0.400. The van der Waals surface area contributed by atoms with E-state index in [4.69, 9.17) is 11.6 Å². The van der Waals surface area contributed by atoms with Crippen molar-refractivity contribution in [2.24, 2.45) is 0 Å². The molecule has 4 amide bonds. The molecule has 1 aliphatic carbocycles. The number of nitrogens with one attached hydrogen (secondary N) is 2. The number of imide groups is 1. The highest BCUT2D eigenvalue weighted by Crippen LogP contribution is 2.32. The second-order valence-corrected chi connectivity index (χ2v) is 8.04. The van der Waals surface area contributed by atoms with Crippen LogP contribution in [0.15, 0.2) is 36.5 Å². The summed E-state index contributed by atoms with van der Waals surface area (Å²) in [6.07, 6.45) is 5.97. The summed E-state index contributed by atoms with van der Waals surface area (Å²) in [6, 6.07) is 8.06. The third-order valence-electron chi connectivity index (χ3n) is 5.61. The van der Waals surface area contributed by atoms with Crippen LogP contribution in [-0.4, -0.2) is 39.1 Å². The fourth-order valence-corrected chi connectivity index (χ4v) is 4.12. The highest BCUT2D eigenvalue weighted by atomic mass is 35.5. The Morgan fingerprint density at radius 3 is 2.62 bits per heavy atom. The van der Waals surface area contributed by atoms with E-state index in [1.165, 1.54) is 0 Å². The average molecular weight is 416 g/mol. The maximum atomic E-state index is 12.9. The second-order valence-electron chi connectivity index (χ2n) is 7.60. The van der Waals surface area contributed by atoms with Gasteiger partial charge in [-0.1, -0.05) is 36.6 Å². The Morgan fingerprint density at radius 2 is 1.93 bits per heavy atom. The number of hydrogen-bond donors (Lipinski definition) is 2. The van der Waals surface area contributed by atoms with E-state index in [1.54, 1.807) is 43.5 Å². The van der Waals surface area contributed by atoms with E-state index >= 15 is 0 Å². The van der Waals surface area contributed by atoms with Gasteiger partial charge in [-0.05, 0) is 37.5 Å². The van der Waals surface area contributed by atoms with Gasteiger partial charge in [-0.2, -0.15) is 5.10 Å². The first kappa shape index (κ1) is 19.4. The number of carbonyl (C=O) groups excluding carboxylic acids is 3. The van der Waals surface area contributed by atoms with Crippen LogP contribution in [0.5, 0.6) is 0 Å². The first-order valence-electron chi connectivity index (χ1n) is 9.62. The van der Waals surface area contributed by atoms with Crippen molar-refractivity contribution in [3.63, 3.8) is 0 Å². The predicted molar refractivity (Wildman–Crippen MR) is 107 cm³/mol. The molecule has 0 radical (unpaired) electrons. The number of halogens is 1. The van der Waals surface area contributed by atoms with Crippen molar-refractivity contribution < 1.29 is 14.4 Å². The smallest absolute Gasteiger partial charge is 0.319 e. The summed E-state index contributed by atoms with van der Waals surface area (Å²) in [6.45, 7) is 1.24. The monoisotopic (exact) mass is 415 g/mol. The molecule has 2 aliphatic rings. The summed E-state index contributed by atoms with van der Waals surface area (Å²) >= 11 is 5.91. The average Bonchev–Trinajstić information content (AvgIpc) is 3.40. The summed E-state index contributed by atoms with van der Waals surface area (Å²) in [4.78, 5) is 38.9. The van der Waals surface area contributed by atoms with E-state index in [1.807, 2.05) is 4.68 Å². The van der Waals surface area contributed by atoms with Crippen molar-refractivity contribution in [2.45, 2.75) is 44.2 Å². The lowest BCUT2D eigenvalue weighted by Crippen LogP contribution is -2.42. The van der Waals surface area contributed by atoms with E-state index in [2.05, 4.69) is 15.7 Å². The first-order valence-corrected chi connectivity index (χ1v) is 10.00. The minimum absolute atomic E-state index is 0.269. The zero-order valence-electron chi connectivity index (χ0n) is 16.0. The third-order valence-corrected chi connectivity index (χ3v) is 5.86. The first-order chi connectivity index (χ1) is 13.9. The van der Waals surface area contributed by atoms with Crippen molar-refractivity contribution in [3.05, 3.63) is 47.1 Å². The molecule has 2 fully saturated rings. The Hall–Kier alpha value is -2.87. The molecule has 8 nitrogen and oxygen atoms in total. The minimum Gasteiger partial charge on any atom is -0.319 e. The lowest BCUT2D eigenvalue weighted by molar-refractivity contribution is -0.133. The van der Waals surface area contributed by atoms with Crippen molar-refractivity contribution in [1.82, 2.24) is 20.0 Å². The van der Waals surface area contributed by atoms with Gasteiger partial charge < -0.3 is 10.6 Å². The minimum atomic E-state index is -1.24. The van der Waals surface area contributed by atoms with Gasteiger partial charge in [0.1, 0.15) is 17.9 Å². The number of rotatable bonds is 5. The van der Waals surface area contributed by atoms with Crippen LogP contribution in [0.25, 0.3) is 0 Å². The number of hydrogen-bond acceptors (Lipinski definition) is 4. The zero-order chi connectivity index (χ0) is 20.6. The van der Waals surface area contributed by atoms with Crippen molar-refractivity contribution in [1.29, 1.82) is 0 Å². The van der Waals surface area contributed by atoms with Gasteiger partial charge in [0.15, 0.2) is 0 Å². The number of nitrogens with zero attached hydrogens (tertiary/aromatic N) is 3. The molecule has 4 rings (SSSR count). The van der Waals surface area contributed by atoms with Gasteiger partial charge in [0, 0.05) is 11.1 Å². The zero-order valence-corrected chi connectivity index (χ0v) is 16.8. The van der Waals surface area contributed by atoms with Crippen LogP contribution in [0.3, 0.4) is 0 Å². The molecule has 2 aromatic rings. The van der Waals surface area contributed by atoms with Crippen LogP contribution >= 0.6 is 11.6 Å². The predicted octanol–water partition coefficient (Wildman–Crippen LogP) is 3.06. The fourth-order valence-electron chi connectivity index (χ4n) is 4.00. The Morgan fingerprint density at radius 1 is 1.24 bits per heavy atom. The highest BCUT2D eigenvalue weighted by molar-refractivity contribution is 6.30. The summed E-state index contributed by atoms with van der Waals surface area (Å²) in [5.41, 5.74) is -0.643. The van der Waals surface area contributed by atoms with Gasteiger partial charge in [0.2, 0.25) is 5.91 Å². The molecular formula is C20H22ClN5O3. The standard InChI is InChI=1S/C20H22ClN5O3/c1-20(13-6-8-14(21)9-7-13)18(28)25(19(29)24-20)12-17(27)23-16-10-11-22-26(16)15-4-2-3-5-15/h6-11,15H,2-5,12H2,1H3,(H,23,27)(H,24,29). The molecule has 2 heterocycles. The van der Waals surface area contributed by atoms with Gasteiger partial charge in [-0.3, -0.25) is 14.5 Å². The van der Waals surface area contributed by atoms with E-state index in [0.29, 0.717) is 16.4 Å². The van der Waals surface area contributed by atoms with Crippen molar-refractivity contribution in [2.75, 3.05) is 11.9 Å². The van der Waals surface area contributed by atoms with Gasteiger partial charge in [-0.25, -0.2) is 9.48 Å². The second kappa shape index (κ2) is 7.51. The molecule has 1 saturated heterocycles. The van der Waals surface area contributed by atoms with Crippen molar-refractivity contribution >= 4 is 35.3 Å².